The maximum Gasteiger partial charge on any atom is 0.266 e. The van der Waals surface area contributed by atoms with Gasteiger partial charge in [-0.3, -0.25) is 14.2 Å². The lowest BCUT2D eigenvalue weighted by Crippen LogP contribution is -2.42. The lowest BCUT2D eigenvalue weighted by atomic mass is 9.94. The van der Waals surface area contributed by atoms with Crippen molar-refractivity contribution in [3.63, 3.8) is 0 Å². The first-order valence-electron chi connectivity index (χ1n) is 10.7. The average Bonchev–Trinajstić information content (AvgIpc) is 2.80. The molecule has 7 heteroatoms. The minimum atomic E-state index is -0.410. The van der Waals surface area contributed by atoms with Crippen LogP contribution in [0.4, 0.5) is 4.39 Å². The van der Waals surface area contributed by atoms with Crippen molar-refractivity contribution in [1.29, 1.82) is 0 Å². The lowest BCUT2D eigenvalue weighted by Gasteiger charge is -2.32. The monoisotopic (exact) mass is 439 g/mol. The molecule has 1 aliphatic rings. The summed E-state index contributed by atoms with van der Waals surface area (Å²) in [7, 11) is 1.87. The van der Waals surface area contributed by atoms with E-state index in [4.69, 9.17) is 4.98 Å². The van der Waals surface area contributed by atoms with Gasteiger partial charge >= 0.3 is 0 Å². The van der Waals surface area contributed by atoms with E-state index in [1.165, 1.54) is 34.9 Å². The standard InChI is InChI=1S/C24H26FN3O2S/c1-16(22(29)27(2)18-8-4-3-5-9-18)31-24-26-21-11-7-6-10-20(21)23(30)28(24)19-14-12-17(25)13-15-19/h6-7,10-16,18H,3-5,8-9H2,1-2H3. The predicted octanol–water partition coefficient (Wildman–Crippen LogP) is 4.80. The SMILES string of the molecule is CC(Sc1nc2ccccc2c(=O)n1-c1ccc(F)cc1)C(=O)N(C)C1CCCCC1. The van der Waals surface area contributed by atoms with Crippen LogP contribution in [0.25, 0.3) is 16.6 Å². The zero-order chi connectivity index (χ0) is 22.0. The van der Waals surface area contributed by atoms with Crippen molar-refractivity contribution in [2.24, 2.45) is 0 Å². The van der Waals surface area contributed by atoms with Crippen LogP contribution in [0.15, 0.2) is 58.5 Å². The smallest absolute Gasteiger partial charge is 0.266 e. The third-order valence-electron chi connectivity index (χ3n) is 5.93. The van der Waals surface area contributed by atoms with Crippen LogP contribution < -0.4 is 5.56 Å². The number of nitrogens with zero attached hydrogens (tertiary/aromatic N) is 3. The zero-order valence-electron chi connectivity index (χ0n) is 17.8. The molecule has 0 spiro atoms. The number of fused-ring (bicyclic) bond motifs is 1. The Balaban J connectivity index is 1.70. The molecule has 0 N–H and O–H groups in total. The number of amides is 1. The topological polar surface area (TPSA) is 55.2 Å². The third-order valence-corrected chi connectivity index (χ3v) is 6.97. The minimum absolute atomic E-state index is 0.0324. The van der Waals surface area contributed by atoms with E-state index < -0.39 is 5.25 Å². The molecule has 3 aromatic rings. The Morgan fingerprint density at radius 3 is 2.52 bits per heavy atom. The van der Waals surface area contributed by atoms with E-state index in [0.717, 1.165) is 25.7 Å². The summed E-state index contributed by atoms with van der Waals surface area (Å²) >= 11 is 1.27. The second kappa shape index (κ2) is 9.22. The highest BCUT2D eigenvalue weighted by atomic mass is 32.2. The van der Waals surface area contributed by atoms with Crippen LogP contribution in [0.5, 0.6) is 0 Å². The van der Waals surface area contributed by atoms with Crippen LogP contribution in [0.3, 0.4) is 0 Å². The number of para-hydroxylation sites is 1. The molecule has 1 heterocycles. The van der Waals surface area contributed by atoms with Gasteiger partial charge in [0.2, 0.25) is 5.91 Å². The first-order valence-corrected chi connectivity index (χ1v) is 11.5. The molecule has 1 saturated carbocycles. The minimum Gasteiger partial charge on any atom is -0.342 e. The first kappa shape index (κ1) is 21.6. The van der Waals surface area contributed by atoms with Gasteiger partial charge in [0.1, 0.15) is 5.82 Å². The highest BCUT2D eigenvalue weighted by Crippen LogP contribution is 2.28. The molecule has 0 aliphatic heterocycles. The van der Waals surface area contributed by atoms with Crippen molar-refractivity contribution >= 4 is 28.6 Å². The summed E-state index contributed by atoms with van der Waals surface area (Å²) in [4.78, 5) is 33.0. The second-order valence-electron chi connectivity index (χ2n) is 8.03. The molecular formula is C24H26FN3O2S. The Morgan fingerprint density at radius 2 is 1.81 bits per heavy atom. The number of rotatable bonds is 5. The van der Waals surface area contributed by atoms with Crippen LogP contribution in [-0.4, -0.2) is 38.7 Å². The average molecular weight is 440 g/mol. The van der Waals surface area contributed by atoms with Crippen LogP contribution in [0, 0.1) is 5.82 Å². The van der Waals surface area contributed by atoms with Gasteiger partial charge in [-0.05, 0) is 56.2 Å². The molecule has 162 valence electrons. The van der Waals surface area contributed by atoms with E-state index in [1.807, 2.05) is 24.9 Å². The summed E-state index contributed by atoms with van der Waals surface area (Å²) in [6.45, 7) is 1.85. The van der Waals surface area contributed by atoms with Crippen molar-refractivity contribution in [2.45, 2.75) is 55.5 Å². The van der Waals surface area contributed by atoms with Gasteiger partial charge in [0.15, 0.2) is 5.16 Å². The quantitative estimate of drug-likeness (QED) is 0.423. The van der Waals surface area contributed by atoms with E-state index in [-0.39, 0.29) is 23.3 Å². The number of hydrogen-bond donors (Lipinski definition) is 0. The van der Waals surface area contributed by atoms with Crippen LogP contribution in [-0.2, 0) is 4.79 Å². The third kappa shape index (κ3) is 4.51. The highest BCUT2D eigenvalue weighted by Gasteiger charge is 2.27. The van der Waals surface area contributed by atoms with Crippen molar-refractivity contribution < 1.29 is 9.18 Å². The molecule has 1 aliphatic carbocycles. The molecule has 1 amide bonds. The molecule has 1 unspecified atom stereocenters. The Kier molecular flexibility index (Phi) is 6.41. The number of aromatic nitrogens is 2. The summed E-state index contributed by atoms with van der Waals surface area (Å²) in [5.74, 6) is -0.345. The van der Waals surface area contributed by atoms with Gasteiger partial charge in [-0.2, -0.15) is 0 Å². The largest absolute Gasteiger partial charge is 0.342 e. The predicted molar refractivity (Wildman–Crippen MR) is 122 cm³/mol. The fraction of sp³-hybridized carbons (Fsp3) is 0.375. The van der Waals surface area contributed by atoms with E-state index in [0.29, 0.717) is 21.7 Å². The molecule has 0 saturated heterocycles. The molecule has 0 bridgehead atoms. The number of thioether (sulfide) groups is 1. The Morgan fingerprint density at radius 1 is 1.13 bits per heavy atom. The fourth-order valence-electron chi connectivity index (χ4n) is 4.15. The summed E-state index contributed by atoms with van der Waals surface area (Å²) < 4.78 is 14.9. The van der Waals surface area contributed by atoms with E-state index in [2.05, 4.69) is 0 Å². The van der Waals surface area contributed by atoms with Gasteiger partial charge in [0, 0.05) is 13.1 Å². The van der Waals surface area contributed by atoms with Gasteiger partial charge < -0.3 is 4.90 Å². The number of carbonyl (C=O) groups excluding carboxylic acids is 1. The van der Waals surface area contributed by atoms with E-state index in [1.54, 1.807) is 30.3 Å². The van der Waals surface area contributed by atoms with Gasteiger partial charge in [-0.1, -0.05) is 43.2 Å². The van der Waals surface area contributed by atoms with Gasteiger partial charge in [0.05, 0.1) is 21.8 Å². The first-order chi connectivity index (χ1) is 15.0. The van der Waals surface area contributed by atoms with Crippen molar-refractivity contribution in [3.05, 3.63) is 64.7 Å². The van der Waals surface area contributed by atoms with Crippen molar-refractivity contribution in [2.75, 3.05) is 7.05 Å². The van der Waals surface area contributed by atoms with Crippen LogP contribution >= 0.6 is 11.8 Å². The molecule has 31 heavy (non-hydrogen) atoms. The molecule has 4 rings (SSSR count). The number of carbonyl (C=O) groups is 1. The number of halogens is 1. The van der Waals surface area contributed by atoms with Crippen molar-refractivity contribution in [3.8, 4) is 5.69 Å². The summed E-state index contributed by atoms with van der Waals surface area (Å²) in [6.07, 6.45) is 5.61. The van der Waals surface area contributed by atoms with Crippen LogP contribution in [0.1, 0.15) is 39.0 Å². The fourth-order valence-corrected chi connectivity index (χ4v) is 5.18. The highest BCUT2D eigenvalue weighted by molar-refractivity contribution is 8.00. The molecule has 5 nitrogen and oxygen atoms in total. The van der Waals surface area contributed by atoms with E-state index in [9.17, 15) is 14.0 Å². The summed E-state index contributed by atoms with van der Waals surface area (Å²) in [5, 5.41) is 0.495. The second-order valence-corrected chi connectivity index (χ2v) is 9.34. The Bertz CT molecular complexity index is 1140. The van der Waals surface area contributed by atoms with E-state index >= 15 is 0 Å². The van der Waals surface area contributed by atoms with Gasteiger partial charge in [0.25, 0.3) is 5.56 Å². The molecular weight excluding hydrogens is 413 g/mol. The van der Waals surface area contributed by atoms with Crippen molar-refractivity contribution in [1.82, 2.24) is 14.5 Å². The lowest BCUT2D eigenvalue weighted by molar-refractivity contribution is -0.131. The molecule has 1 atom stereocenters. The number of benzene rings is 2. The zero-order valence-corrected chi connectivity index (χ0v) is 18.6. The normalized spacial score (nSPS) is 15.7. The molecule has 1 fully saturated rings. The maximum absolute atomic E-state index is 13.5. The van der Waals surface area contributed by atoms with Gasteiger partial charge in [-0.25, -0.2) is 9.37 Å². The summed E-state index contributed by atoms with van der Waals surface area (Å²) in [5.41, 5.74) is 0.862. The maximum atomic E-state index is 13.5. The molecule has 0 radical (unpaired) electrons. The Hall–Kier alpha value is -2.67. The van der Waals surface area contributed by atoms with Crippen LogP contribution in [0.2, 0.25) is 0 Å². The summed E-state index contributed by atoms with van der Waals surface area (Å²) in [6, 6.07) is 13.1. The Labute approximate surface area is 185 Å². The molecule has 1 aromatic heterocycles. The number of hydrogen-bond acceptors (Lipinski definition) is 4. The van der Waals surface area contributed by atoms with Gasteiger partial charge in [-0.15, -0.1) is 0 Å². The molecule has 2 aromatic carbocycles.